The standard InChI is InChI=1S/C25H28N2/c1-18(2)21-14-9-11-17-24(21)27(23-16-10-7-13-20(23)4)25(26-5)22-15-8-6-12-19(22)3/h6-18H,1-5H3. The molecule has 3 rings (SSSR count). The van der Waals surface area contributed by atoms with E-state index in [4.69, 9.17) is 4.99 Å². The molecule has 0 unspecified atom stereocenters. The molecule has 0 saturated carbocycles. The van der Waals surface area contributed by atoms with Crippen LogP contribution in [0.15, 0.2) is 77.8 Å². The summed E-state index contributed by atoms with van der Waals surface area (Å²) in [6.07, 6.45) is 0. The van der Waals surface area contributed by atoms with Gasteiger partial charge in [0.2, 0.25) is 0 Å². The molecule has 0 heterocycles. The summed E-state index contributed by atoms with van der Waals surface area (Å²) in [6, 6.07) is 25.6. The first-order chi connectivity index (χ1) is 13.0. The molecule has 0 aliphatic carbocycles. The third kappa shape index (κ3) is 3.80. The van der Waals surface area contributed by atoms with Crippen LogP contribution in [0.2, 0.25) is 0 Å². The number of rotatable bonds is 4. The molecule has 0 aromatic heterocycles. The number of benzene rings is 3. The highest BCUT2D eigenvalue weighted by molar-refractivity contribution is 6.15. The molecule has 0 fully saturated rings. The Hall–Kier alpha value is -2.87. The summed E-state index contributed by atoms with van der Waals surface area (Å²) in [5, 5.41) is 0. The molecule has 27 heavy (non-hydrogen) atoms. The summed E-state index contributed by atoms with van der Waals surface area (Å²) in [4.78, 5) is 7.07. The molecular weight excluding hydrogens is 328 g/mol. The fourth-order valence-electron chi connectivity index (χ4n) is 3.52. The van der Waals surface area contributed by atoms with Crippen LogP contribution >= 0.6 is 0 Å². The molecule has 138 valence electrons. The Morgan fingerprint density at radius 3 is 1.89 bits per heavy atom. The van der Waals surface area contributed by atoms with Gasteiger partial charge in [0, 0.05) is 12.6 Å². The molecule has 0 bridgehead atoms. The predicted octanol–water partition coefficient (Wildman–Crippen LogP) is 6.64. The van der Waals surface area contributed by atoms with Crippen molar-refractivity contribution in [2.24, 2.45) is 4.99 Å². The van der Waals surface area contributed by atoms with E-state index < -0.39 is 0 Å². The molecule has 0 aliphatic heterocycles. The van der Waals surface area contributed by atoms with Crippen molar-refractivity contribution in [1.82, 2.24) is 0 Å². The normalized spacial score (nSPS) is 11.7. The molecule has 0 radical (unpaired) electrons. The van der Waals surface area contributed by atoms with Crippen LogP contribution in [-0.4, -0.2) is 12.9 Å². The van der Waals surface area contributed by atoms with E-state index in [1.807, 2.05) is 7.05 Å². The van der Waals surface area contributed by atoms with Crippen LogP contribution in [0.25, 0.3) is 0 Å². The number of nitrogens with zero attached hydrogens (tertiary/aromatic N) is 2. The Morgan fingerprint density at radius 1 is 0.741 bits per heavy atom. The fourth-order valence-corrected chi connectivity index (χ4v) is 3.52. The van der Waals surface area contributed by atoms with E-state index in [1.54, 1.807) is 0 Å². The molecular formula is C25H28N2. The van der Waals surface area contributed by atoms with Crippen molar-refractivity contribution in [2.45, 2.75) is 33.6 Å². The van der Waals surface area contributed by atoms with Crippen molar-refractivity contribution in [3.63, 3.8) is 0 Å². The minimum Gasteiger partial charge on any atom is -0.294 e. The second-order valence-electron chi connectivity index (χ2n) is 7.20. The minimum absolute atomic E-state index is 0.419. The van der Waals surface area contributed by atoms with E-state index in [-0.39, 0.29) is 0 Å². The Kier molecular flexibility index (Phi) is 5.75. The van der Waals surface area contributed by atoms with Gasteiger partial charge in [0.1, 0.15) is 5.84 Å². The molecule has 3 aromatic carbocycles. The summed E-state index contributed by atoms with van der Waals surface area (Å²) >= 11 is 0. The van der Waals surface area contributed by atoms with Gasteiger partial charge in [-0.3, -0.25) is 9.89 Å². The van der Waals surface area contributed by atoms with Gasteiger partial charge in [-0.1, -0.05) is 74.5 Å². The molecule has 0 N–H and O–H groups in total. The zero-order valence-corrected chi connectivity index (χ0v) is 16.9. The van der Waals surface area contributed by atoms with E-state index in [2.05, 4.69) is 105 Å². The van der Waals surface area contributed by atoms with Gasteiger partial charge >= 0.3 is 0 Å². The first-order valence-electron chi connectivity index (χ1n) is 9.52. The number of aryl methyl sites for hydroxylation is 2. The third-order valence-electron chi connectivity index (χ3n) is 4.97. The quantitative estimate of drug-likeness (QED) is 0.378. The summed E-state index contributed by atoms with van der Waals surface area (Å²) in [6.45, 7) is 8.78. The topological polar surface area (TPSA) is 15.6 Å². The SMILES string of the molecule is CN=C(c1ccccc1C)N(c1ccccc1C)c1ccccc1C(C)C. The predicted molar refractivity (Wildman–Crippen MR) is 117 cm³/mol. The van der Waals surface area contributed by atoms with Gasteiger partial charge in [-0.25, -0.2) is 0 Å². The first-order valence-corrected chi connectivity index (χ1v) is 9.52. The number of hydrogen-bond acceptors (Lipinski definition) is 1. The Balaban J connectivity index is 2.30. The number of hydrogen-bond donors (Lipinski definition) is 0. The van der Waals surface area contributed by atoms with Crippen molar-refractivity contribution in [3.05, 3.63) is 95.1 Å². The Labute approximate surface area is 163 Å². The minimum atomic E-state index is 0.419. The smallest absolute Gasteiger partial charge is 0.140 e. The van der Waals surface area contributed by atoms with Gasteiger partial charge in [-0.05, 0) is 48.6 Å². The van der Waals surface area contributed by atoms with E-state index in [9.17, 15) is 0 Å². The summed E-state index contributed by atoms with van der Waals surface area (Å²) in [5.41, 5.74) is 7.27. The van der Waals surface area contributed by atoms with Crippen LogP contribution in [0.3, 0.4) is 0 Å². The van der Waals surface area contributed by atoms with Crippen LogP contribution < -0.4 is 4.90 Å². The van der Waals surface area contributed by atoms with Crippen LogP contribution in [0.4, 0.5) is 11.4 Å². The lowest BCUT2D eigenvalue weighted by molar-refractivity contribution is 0.865. The van der Waals surface area contributed by atoms with Gasteiger partial charge in [0.25, 0.3) is 0 Å². The lowest BCUT2D eigenvalue weighted by Gasteiger charge is -2.31. The van der Waals surface area contributed by atoms with Gasteiger partial charge in [0.15, 0.2) is 0 Å². The van der Waals surface area contributed by atoms with Crippen molar-refractivity contribution >= 4 is 17.2 Å². The average Bonchev–Trinajstić information content (AvgIpc) is 2.68. The molecule has 2 heteroatoms. The highest BCUT2D eigenvalue weighted by Crippen LogP contribution is 2.36. The van der Waals surface area contributed by atoms with Crippen LogP contribution in [-0.2, 0) is 0 Å². The molecule has 0 saturated heterocycles. The molecule has 0 spiro atoms. The van der Waals surface area contributed by atoms with Crippen molar-refractivity contribution < 1.29 is 0 Å². The van der Waals surface area contributed by atoms with Crippen molar-refractivity contribution in [1.29, 1.82) is 0 Å². The van der Waals surface area contributed by atoms with Crippen LogP contribution in [0.1, 0.15) is 42.0 Å². The van der Waals surface area contributed by atoms with Crippen molar-refractivity contribution in [2.75, 3.05) is 11.9 Å². The number of anilines is 2. The van der Waals surface area contributed by atoms with E-state index in [1.165, 1.54) is 22.4 Å². The maximum absolute atomic E-state index is 4.76. The number of amidine groups is 1. The summed E-state index contributed by atoms with van der Waals surface area (Å²) in [7, 11) is 1.88. The zero-order valence-electron chi connectivity index (χ0n) is 16.9. The molecule has 0 amide bonds. The number of aliphatic imine (C=N–C) groups is 1. The lowest BCUT2D eigenvalue weighted by atomic mass is 9.98. The molecule has 0 aliphatic rings. The first kappa shape index (κ1) is 18.9. The van der Waals surface area contributed by atoms with Crippen molar-refractivity contribution in [3.8, 4) is 0 Å². The van der Waals surface area contributed by atoms with Gasteiger partial charge in [-0.15, -0.1) is 0 Å². The maximum atomic E-state index is 4.76. The maximum Gasteiger partial charge on any atom is 0.140 e. The van der Waals surface area contributed by atoms with E-state index in [0.717, 1.165) is 17.1 Å². The Morgan fingerprint density at radius 2 is 1.30 bits per heavy atom. The second kappa shape index (κ2) is 8.22. The van der Waals surface area contributed by atoms with E-state index in [0.29, 0.717) is 5.92 Å². The summed E-state index contributed by atoms with van der Waals surface area (Å²) in [5.74, 6) is 1.39. The Bertz CT molecular complexity index is 954. The summed E-state index contributed by atoms with van der Waals surface area (Å²) < 4.78 is 0. The largest absolute Gasteiger partial charge is 0.294 e. The highest BCUT2D eigenvalue weighted by Gasteiger charge is 2.23. The van der Waals surface area contributed by atoms with Gasteiger partial charge in [-0.2, -0.15) is 0 Å². The van der Waals surface area contributed by atoms with Crippen LogP contribution in [0, 0.1) is 13.8 Å². The van der Waals surface area contributed by atoms with E-state index >= 15 is 0 Å². The second-order valence-corrected chi connectivity index (χ2v) is 7.20. The molecule has 3 aromatic rings. The monoisotopic (exact) mass is 356 g/mol. The third-order valence-corrected chi connectivity index (χ3v) is 4.97. The van der Waals surface area contributed by atoms with Crippen LogP contribution in [0.5, 0.6) is 0 Å². The zero-order chi connectivity index (χ0) is 19.4. The highest BCUT2D eigenvalue weighted by atomic mass is 15.2. The molecule has 0 atom stereocenters. The lowest BCUT2D eigenvalue weighted by Crippen LogP contribution is -2.29. The average molecular weight is 357 g/mol. The fraction of sp³-hybridized carbons (Fsp3) is 0.240. The number of para-hydroxylation sites is 2. The molecule has 2 nitrogen and oxygen atoms in total. The van der Waals surface area contributed by atoms with Gasteiger partial charge in [0.05, 0.1) is 11.4 Å². The van der Waals surface area contributed by atoms with Gasteiger partial charge < -0.3 is 0 Å².